The molecule has 0 unspecified atom stereocenters. The molecule has 0 radical (unpaired) electrons. The topological polar surface area (TPSA) is 48.1 Å². The van der Waals surface area contributed by atoms with Gasteiger partial charge in [0.2, 0.25) is 0 Å². The first kappa shape index (κ1) is 13.4. The summed E-state index contributed by atoms with van der Waals surface area (Å²) in [6.07, 6.45) is 2.58. The van der Waals surface area contributed by atoms with Crippen LogP contribution in [0, 0.1) is 0 Å². The number of nitrogens with one attached hydrogen (secondary N) is 2. The zero-order valence-corrected chi connectivity index (χ0v) is 12.2. The summed E-state index contributed by atoms with van der Waals surface area (Å²) in [4.78, 5) is 16.4. The molecule has 1 aromatic carbocycles. The lowest BCUT2D eigenvalue weighted by atomic mass is 10.1. The van der Waals surface area contributed by atoms with Crippen LogP contribution in [0.1, 0.15) is 24.1 Å². The maximum absolute atomic E-state index is 11.1. The van der Waals surface area contributed by atoms with Gasteiger partial charge in [0.25, 0.3) is 0 Å². The third kappa shape index (κ3) is 3.11. The molecule has 106 valence electrons. The summed E-state index contributed by atoms with van der Waals surface area (Å²) in [6.45, 7) is 3.85. The largest absolute Gasteiger partial charge is 0.371 e. The predicted molar refractivity (Wildman–Crippen MR) is 83.4 cm³/mol. The minimum absolute atomic E-state index is 0.0132. The van der Waals surface area contributed by atoms with Crippen molar-refractivity contribution in [3.05, 3.63) is 50.6 Å². The van der Waals surface area contributed by atoms with E-state index in [4.69, 9.17) is 0 Å². The van der Waals surface area contributed by atoms with Gasteiger partial charge < -0.3 is 15.2 Å². The molecular weight excluding hydrogens is 270 g/mol. The highest BCUT2D eigenvalue weighted by molar-refractivity contribution is 7.07. The number of anilines is 1. The number of aromatic nitrogens is 1. The monoisotopic (exact) mass is 289 g/mol. The Bertz CT molecular complexity index is 613. The fraction of sp³-hybridized carbons (Fsp3) is 0.400. The number of para-hydroxylation sites is 1. The zero-order chi connectivity index (χ0) is 13.8. The van der Waals surface area contributed by atoms with E-state index in [0.717, 1.165) is 25.3 Å². The maximum Gasteiger partial charge on any atom is 0.304 e. The van der Waals surface area contributed by atoms with Crippen LogP contribution in [-0.2, 0) is 13.1 Å². The molecule has 1 fully saturated rings. The lowest BCUT2D eigenvalue weighted by Crippen LogP contribution is -2.21. The van der Waals surface area contributed by atoms with Gasteiger partial charge in [-0.1, -0.05) is 29.5 Å². The van der Waals surface area contributed by atoms with Gasteiger partial charge in [0.05, 0.1) is 0 Å². The van der Waals surface area contributed by atoms with Crippen molar-refractivity contribution >= 4 is 17.0 Å². The van der Waals surface area contributed by atoms with Crippen LogP contribution in [0.25, 0.3) is 0 Å². The Labute approximate surface area is 122 Å². The number of benzene rings is 1. The van der Waals surface area contributed by atoms with Crippen molar-refractivity contribution in [3.63, 3.8) is 0 Å². The van der Waals surface area contributed by atoms with E-state index in [1.165, 1.54) is 35.4 Å². The highest BCUT2D eigenvalue weighted by Gasteiger charge is 2.14. The van der Waals surface area contributed by atoms with E-state index in [9.17, 15) is 4.79 Å². The Morgan fingerprint density at radius 3 is 2.75 bits per heavy atom. The summed E-state index contributed by atoms with van der Waals surface area (Å²) in [6, 6.07) is 8.57. The minimum atomic E-state index is 0.0132. The molecular formula is C15H19N3OS. The van der Waals surface area contributed by atoms with Crippen LogP contribution in [0.2, 0.25) is 0 Å². The van der Waals surface area contributed by atoms with E-state index in [2.05, 4.69) is 39.5 Å². The molecule has 20 heavy (non-hydrogen) atoms. The molecule has 0 saturated carbocycles. The van der Waals surface area contributed by atoms with Crippen LogP contribution in [0.15, 0.2) is 34.4 Å². The van der Waals surface area contributed by atoms with Gasteiger partial charge in [-0.15, -0.1) is 0 Å². The minimum Gasteiger partial charge on any atom is -0.371 e. The van der Waals surface area contributed by atoms with E-state index in [0.29, 0.717) is 6.54 Å². The predicted octanol–water partition coefficient (Wildman–Crippen LogP) is 2.33. The Morgan fingerprint density at radius 2 is 2.00 bits per heavy atom. The quantitative estimate of drug-likeness (QED) is 0.888. The van der Waals surface area contributed by atoms with Crippen LogP contribution in [-0.4, -0.2) is 18.1 Å². The summed E-state index contributed by atoms with van der Waals surface area (Å²) in [5.74, 6) is 0. The van der Waals surface area contributed by atoms with Crippen LogP contribution >= 0.6 is 11.3 Å². The lowest BCUT2D eigenvalue weighted by molar-refractivity contribution is 0.680. The van der Waals surface area contributed by atoms with Gasteiger partial charge >= 0.3 is 4.87 Å². The van der Waals surface area contributed by atoms with E-state index in [-0.39, 0.29) is 4.87 Å². The van der Waals surface area contributed by atoms with E-state index in [1.807, 2.05) is 5.38 Å². The van der Waals surface area contributed by atoms with Gasteiger partial charge in [-0.3, -0.25) is 4.79 Å². The third-order valence-electron chi connectivity index (χ3n) is 3.64. The van der Waals surface area contributed by atoms with Crippen LogP contribution in [0.5, 0.6) is 0 Å². The fourth-order valence-electron chi connectivity index (χ4n) is 2.66. The van der Waals surface area contributed by atoms with Crippen LogP contribution < -0.4 is 15.1 Å². The molecule has 4 nitrogen and oxygen atoms in total. The van der Waals surface area contributed by atoms with Crippen LogP contribution in [0.4, 0.5) is 5.69 Å². The Kier molecular flexibility index (Phi) is 4.18. The zero-order valence-electron chi connectivity index (χ0n) is 11.4. The molecule has 1 aliphatic heterocycles. The average Bonchev–Trinajstić information content (AvgIpc) is 3.11. The van der Waals surface area contributed by atoms with Crippen molar-refractivity contribution in [2.45, 2.75) is 25.9 Å². The molecule has 1 saturated heterocycles. The van der Waals surface area contributed by atoms with Crippen molar-refractivity contribution in [1.82, 2.24) is 10.3 Å². The van der Waals surface area contributed by atoms with Gasteiger partial charge in [-0.25, -0.2) is 0 Å². The summed E-state index contributed by atoms with van der Waals surface area (Å²) >= 11 is 1.21. The van der Waals surface area contributed by atoms with Crippen molar-refractivity contribution in [2.75, 3.05) is 18.0 Å². The smallest absolute Gasteiger partial charge is 0.304 e. The first-order valence-corrected chi connectivity index (χ1v) is 7.91. The van der Waals surface area contributed by atoms with E-state index < -0.39 is 0 Å². The SMILES string of the molecule is O=c1[nH]c(CNCc2ccccc2N2CCCC2)cs1. The van der Waals surface area contributed by atoms with Gasteiger partial charge in [-0.05, 0) is 24.5 Å². The van der Waals surface area contributed by atoms with Crippen molar-refractivity contribution in [2.24, 2.45) is 0 Å². The normalized spacial score (nSPS) is 14.9. The number of aromatic amines is 1. The molecule has 5 heteroatoms. The van der Waals surface area contributed by atoms with Crippen LogP contribution in [0.3, 0.4) is 0 Å². The molecule has 3 rings (SSSR count). The van der Waals surface area contributed by atoms with Gasteiger partial charge in [0.1, 0.15) is 0 Å². The number of hydrogen-bond donors (Lipinski definition) is 2. The third-order valence-corrected chi connectivity index (χ3v) is 4.36. The maximum atomic E-state index is 11.1. The Morgan fingerprint density at radius 1 is 1.20 bits per heavy atom. The molecule has 0 spiro atoms. The number of hydrogen-bond acceptors (Lipinski definition) is 4. The number of thiazole rings is 1. The van der Waals surface area contributed by atoms with E-state index in [1.54, 1.807) is 0 Å². The Hall–Kier alpha value is -1.59. The lowest BCUT2D eigenvalue weighted by Gasteiger charge is -2.21. The second-order valence-corrected chi connectivity index (χ2v) is 5.94. The first-order valence-electron chi connectivity index (χ1n) is 7.03. The summed E-state index contributed by atoms with van der Waals surface area (Å²) in [5, 5.41) is 5.28. The highest BCUT2D eigenvalue weighted by atomic mass is 32.1. The number of rotatable bonds is 5. The molecule has 0 aliphatic carbocycles. The molecule has 1 aliphatic rings. The summed E-state index contributed by atoms with van der Waals surface area (Å²) in [7, 11) is 0. The summed E-state index contributed by atoms with van der Waals surface area (Å²) in [5.41, 5.74) is 3.63. The summed E-state index contributed by atoms with van der Waals surface area (Å²) < 4.78 is 0. The number of nitrogens with zero attached hydrogens (tertiary/aromatic N) is 1. The van der Waals surface area contributed by atoms with Crippen molar-refractivity contribution in [1.29, 1.82) is 0 Å². The molecule has 0 amide bonds. The molecule has 0 bridgehead atoms. The second-order valence-electron chi connectivity index (χ2n) is 5.10. The Balaban J connectivity index is 1.63. The molecule has 0 atom stereocenters. The average molecular weight is 289 g/mol. The van der Waals surface area contributed by atoms with E-state index >= 15 is 0 Å². The molecule has 2 heterocycles. The standard InChI is InChI=1S/C15H19N3OS/c19-15-17-13(11-20-15)10-16-9-12-5-1-2-6-14(12)18-7-3-4-8-18/h1-2,5-6,11,16H,3-4,7-10H2,(H,17,19). The number of H-pyrrole nitrogens is 1. The highest BCUT2D eigenvalue weighted by Crippen LogP contribution is 2.24. The van der Waals surface area contributed by atoms with Gasteiger partial charge in [0, 0.05) is 42.9 Å². The van der Waals surface area contributed by atoms with Crippen molar-refractivity contribution in [3.8, 4) is 0 Å². The van der Waals surface area contributed by atoms with Gasteiger partial charge in [0.15, 0.2) is 0 Å². The second kappa shape index (κ2) is 6.24. The fourth-order valence-corrected chi connectivity index (χ4v) is 3.24. The molecule has 1 aromatic heterocycles. The van der Waals surface area contributed by atoms with Crippen molar-refractivity contribution < 1.29 is 0 Å². The molecule has 2 N–H and O–H groups in total. The molecule has 2 aromatic rings. The first-order chi connectivity index (χ1) is 9.83. The van der Waals surface area contributed by atoms with Gasteiger partial charge in [-0.2, -0.15) is 0 Å².